The lowest BCUT2D eigenvalue weighted by atomic mass is 10.1. The molecule has 10 heteroatoms. The van der Waals surface area contributed by atoms with Gasteiger partial charge in [0.15, 0.2) is 11.4 Å². The van der Waals surface area contributed by atoms with Gasteiger partial charge >= 0.3 is 5.76 Å². The smallest absolute Gasteiger partial charge is 0.408 e. The number of oxazole rings is 1. The molecule has 2 aromatic carbocycles. The zero-order chi connectivity index (χ0) is 20.8. The molecule has 0 saturated carbocycles. The van der Waals surface area contributed by atoms with Crippen LogP contribution >= 0.6 is 11.6 Å². The van der Waals surface area contributed by atoms with Gasteiger partial charge < -0.3 is 4.42 Å². The zero-order valence-corrected chi connectivity index (χ0v) is 17.1. The van der Waals surface area contributed by atoms with Crippen molar-refractivity contribution in [2.75, 3.05) is 4.72 Å². The number of nitrogens with one attached hydrogen (secondary N) is 2. The lowest BCUT2D eigenvalue weighted by Crippen LogP contribution is -2.14. The molecule has 0 radical (unpaired) electrons. The number of sulfonamides is 1. The fraction of sp³-hybridized carbons (Fsp3) is 0.158. The van der Waals surface area contributed by atoms with Crippen LogP contribution in [0, 0.1) is 6.92 Å². The molecule has 0 aliphatic carbocycles. The quantitative estimate of drug-likeness (QED) is 0.498. The fourth-order valence-corrected chi connectivity index (χ4v) is 4.68. The maximum Gasteiger partial charge on any atom is 0.419 e. The first kappa shape index (κ1) is 19.3. The Bertz CT molecular complexity index is 1380. The van der Waals surface area contributed by atoms with Crippen LogP contribution in [-0.4, -0.2) is 23.2 Å². The maximum absolute atomic E-state index is 12.9. The van der Waals surface area contributed by atoms with Crippen molar-refractivity contribution < 1.29 is 12.8 Å². The highest BCUT2D eigenvalue weighted by Gasteiger charge is 2.23. The number of aryl methyl sites for hydroxylation is 2. The number of benzene rings is 2. The van der Waals surface area contributed by atoms with Gasteiger partial charge in [-0.2, -0.15) is 5.10 Å². The first-order valence-electron chi connectivity index (χ1n) is 8.77. The molecule has 0 unspecified atom stereocenters. The highest BCUT2D eigenvalue weighted by molar-refractivity contribution is 7.92. The summed E-state index contributed by atoms with van der Waals surface area (Å²) in [4.78, 5) is 11.7. The predicted octanol–water partition coefficient (Wildman–Crippen LogP) is 3.77. The summed E-state index contributed by atoms with van der Waals surface area (Å²) in [6.07, 6.45) is 0. The summed E-state index contributed by atoms with van der Waals surface area (Å²) in [7, 11) is -4.06. The highest BCUT2D eigenvalue weighted by Crippen LogP contribution is 2.29. The Hall–Kier alpha value is -3.04. The molecule has 2 heterocycles. The molecule has 0 atom stereocenters. The van der Waals surface area contributed by atoms with Crippen molar-refractivity contribution in [1.82, 2.24) is 14.8 Å². The van der Waals surface area contributed by atoms with Crippen LogP contribution in [-0.2, 0) is 16.6 Å². The van der Waals surface area contributed by atoms with Gasteiger partial charge in [0.1, 0.15) is 4.90 Å². The summed E-state index contributed by atoms with van der Waals surface area (Å²) in [5, 5.41) is 6.83. The van der Waals surface area contributed by atoms with E-state index in [0.717, 1.165) is 11.1 Å². The minimum Gasteiger partial charge on any atom is -0.408 e. The van der Waals surface area contributed by atoms with Crippen molar-refractivity contribution in [2.45, 2.75) is 25.3 Å². The number of anilines is 1. The zero-order valence-electron chi connectivity index (χ0n) is 15.6. The Morgan fingerprint density at radius 3 is 2.72 bits per heavy atom. The van der Waals surface area contributed by atoms with Crippen LogP contribution in [0.3, 0.4) is 0 Å². The molecule has 2 aromatic heterocycles. The summed E-state index contributed by atoms with van der Waals surface area (Å²) in [6, 6.07) is 11.9. The molecule has 0 fully saturated rings. The molecular weight excluding hydrogens is 416 g/mol. The predicted molar refractivity (Wildman–Crippen MR) is 111 cm³/mol. The van der Waals surface area contributed by atoms with E-state index in [-0.39, 0.29) is 21.3 Å². The van der Waals surface area contributed by atoms with E-state index in [0.29, 0.717) is 17.8 Å². The molecule has 150 valence electrons. The van der Waals surface area contributed by atoms with Crippen molar-refractivity contribution in [1.29, 1.82) is 0 Å². The first-order chi connectivity index (χ1) is 13.8. The lowest BCUT2D eigenvalue weighted by molar-refractivity contribution is 0.512. The third-order valence-corrected chi connectivity index (χ3v) is 6.40. The van der Waals surface area contributed by atoms with E-state index in [9.17, 15) is 13.2 Å². The summed E-state index contributed by atoms with van der Waals surface area (Å²) < 4.78 is 34.6. The Balaban J connectivity index is 1.70. The number of halogens is 1. The lowest BCUT2D eigenvalue weighted by Gasteiger charge is -2.07. The first-order valence-corrected chi connectivity index (χ1v) is 10.6. The van der Waals surface area contributed by atoms with Crippen molar-refractivity contribution in [3.05, 3.63) is 63.6 Å². The number of fused-ring (bicyclic) bond motifs is 1. The Morgan fingerprint density at radius 2 is 2.00 bits per heavy atom. The molecule has 0 saturated heterocycles. The maximum atomic E-state index is 12.9. The summed E-state index contributed by atoms with van der Waals surface area (Å²) in [6.45, 7) is 4.10. The molecule has 2 N–H and O–H groups in total. The molecule has 0 aliphatic rings. The highest BCUT2D eigenvalue weighted by atomic mass is 35.5. The van der Waals surface area contributed by atoms with E-state index in [2.05, 4.69) is 14.9 Å². The second kappa shape index (κ2) is 7.09. The van der Waals surface area contributed by atoms with E-state index in [1.54, 1.807) is 13.0 Å². The number of H-pyrrole nitrogens is 1. The van der Waals surface area contributed by atoms with Crippen LogP contribution in [0.1, 0.15) is 12.5 Å². The molecule has 0 bridgehead atoms. The molecule has 8 nitrogen and oxygen atoms in total. The van der Waals surface area contributed by atoms with Gasteiger partial charge in [0.25, 0.3) is 10.0 Å². The Kier molecular flexibility index (Phi) is 4.71. The van der Waals surface area contributed by atoms with Crippen LogP contribution in [0.25, 0.3) is 22.4 Å². The number of hydrogen-bond donors (Lipinski definition) is 2. The third-order valence-electron chi connectivity index (χ3n) is 4.58. The molecule has 0 spiro atoms. The van der Waals surface area contributed by atoms with Crippen LogP contribution < -0.4 is 10.5 Å². The standard InChI is InChI=1S/C19H17ClN4O4S/c1-3-24-15-8-13(20)17(10-16(15)28-19(24)25)29(26,27)23-18-9-14(21-22-18)12-7-5-4-6-11(12)2/h4-10H,3H2,1-2H3,(H2,21,22,23). The second-order valence-corrected chi connectivity index (χ2v) is 8.51. The largest absolute Gasteiger partial charge is 0.419 e. The van der Waals surface area contributed by atoms with Gasteiger partial charge in [0, 0.05) is 24.2 Å². The molecular formula is C19H17ClN4O4S. The van der Waals surface area contributed by atoms with Gasteiger partial charge in [0.2, 0.25) is 0 Å². The summed E-state index contributed by atoms with van der Waals surface area (Å²) in [5.41, 5.74) is 3.18. The van der Waals surface area contributed by atoms with E-state index in [4.69, 9.17) is 16.0 Å². The average Bonchev–Trinajstić information content (AvgIpc) is 3.24. The average molecular weight is 433 g/mol. The topological polar surface area (TPSA) is 110 Å². The minimum atomic E-state index is -4.06. The normalized spacial score (nSPS) is 11.8. The minimum absolute atomic E-state index is 0.0253. The van der Waals surface area contributed by atoms with E-state index in [1.807, 2.05) is 31.2 Å². The Labute approximate surface area is 171 Å². The SMILES string of the molecule is CCn1c(=O)oc2cc(S(=O)(=O)Nc3cc(-c4ccccc4C)[nH]n3)c(Cl)cc21. The molecule has 29 heavy (non-hydrogen) atoms. The van der Waals surface area contributed by atoms with E-state index < -0.39 is 15.8 Å². The van der Waals surface area contributed by atoms with Crippen LogP contribution in [0.4, 0.5) is 5.82 Å². The van der Waals surface area contributed by atoms with Gasteiger partial charge in [-0.3, -0.25) is 14.4 Å². The van der Waals surface area contributed by atoms with Gasteiger partial charge in [-0.15, -0.1) is 0 Å². The van der Waals surface area contributed by atoms with Crippen molar-refractivity contribution in [3.63, 3.8) is 0 Å². The number of aromatic nitrogens is 3. The fourth-order valence-electron chi connectivity index (χ4n) is 3.15. The van der Waals surface area contributed by atoms with Crippen LogP contribution in [0.2, 0.25) is 5.02 Å². The van der Waals surface area contributed by atoms with Gasteiger partial charge in [-0.05, 0) is 25.5 Å². The summed E-state index contributed by atoms with van der Waals surface area (Å²) in [5.74, 6) is -0.455. The van der Waals surface area contributed by atoms with Gasteiger partial charge in [0.05, 0.1) is 16.2 Å². The summed E-state index contributed by atoms with van der Waals surface area (Å²) >= 11 is 6.21. The number of aromatic amines is 1. The van der Waals surface area contributed by atoms with Crippen molar-refractivity contribution in [2.24, 2.45) is 0 Å². The van der Waals surface area contributed by atoms with Gasteiger partial charge in [-0.1, -0.05) is 35.9 Å². The molecule has 0 aliphatic heterocycles. The number of hydrogen-bond acceptors (Lipinski definition) is 5. The second-order valence-electron chi connectivity index (χ2n) is 6.45. The van der Waals surface area contributed by atoms with E-state index >= 15 is 0 Å². The van der Waals surface area contributed by atoms with Crippen molar-refractivity contribution >= 4 is 38.5 Å². The van der Waals surface area contributed by atoms with Crippen LogP contribution in [0.15, 0.2) is 56.6 Å². The number of rotatable bonds is 5. The monoisotopic (exact) mass is 432 g/mol. The number of nitrogens with zero attached hydrogens (tertiary/aromatic N) is 2. The van der Waals surface area contributed by atoms with Gasteiger partial charge in [-0.25, -0.2) is 13.2 Å². The molecule has 4 aromatic rings. The Morgan fingerprint density at radius 1 is 1.24 bits per heavy atom. The molecule has 0 amide bonds. The van der Waals surface area contributed by atoms with Crippen molar-refractivity contribution in [3.8, 4) is 11.3 Å². The van der Waals surface area contributed by atoms with Crippen LogP contribution in [0.5, 0.6) is 0 Å². The van der Waals surface area contributed by atoms with E-state index in [1.165, 1.54) is 16.7 Å². The third kappa shape index (κ3) is 3.43. The molecule has 4 rings (SSSR count).